The number of hydrogen-bond donors (Lipinski definition) is 2. The average molecular weight is 634 g/mol. The normalized spacial score (nSPS) is 20.3. The Morgan fingerprint density at radius 3 is 2.42 bits per heavy atom. The lowest BCUT2D eigenvalue weighted by Gasteiger charge is -2.41. The highest BCUT2D eigenvalue weighted by Crippen LogP contribution is 2.46. The van der Waals surface area contributed by atoms with Crippen molar-refractivity contribution in [2.75, 3.05) is 19.0 Å². The van der Waals surface area contributed by atoms with E-state index in [0.717, 1.165) is 5.56 Å². The van der Waals surface area contributed by atoms with Gasteiger partial charge in [-0.15, -0.1) is 0 Å². The quantitative estimate of drug-likeness (QED) is 0.186. The predicted octanol–water partition coefficient (Wildman–Crippen LogP) is 4.81. The second-order valence-corrected chi connectivity index (χ2v) is 17.3. The van der Waals surface area contributed by atoms with Gasteiger partial charge in [0.05, 0.1) is 32.8 Å². The number of carbonyl (C=O) groups is 2. The van der Waals surface area contributed by atoms with E-state index in [-0.39, 0.29) is 41.8 Å². The number of imidazole rings is 1. The highest BCUT2D eigenvalue weighted by molar-refractivity contribution is 6.74. The molecule has 1 aliphatic heterocycles. The minimum Gasteiger partial charge on any atom is -0.467 e. The number of amides is 1. The van der Waals surface area contributed by atoms with E-state index in [1.54, 1.807) is 34.9 Å². The molecule has 13 heteroatoms. The number of aromatic nitrogens is 4. The lowest BCUT2D eigenvalue weighted by atomic mass is 9.97. The maximum absolute atomic E-state index is 13.6. The van der Waals surface area contributed by atoms with Gasteiger partial charge in [0.2, 0.25) is 11.5 Å². The van der Waals surface area contributed by atoms with Crippen LogP contribution in [0.1, 0.15) is 49.3 Å². The molecule has 1 saturated heterocycles. The second kappa shape index (κ2) is 12.7. The molecule has 12 nitrogen and oxygen atoms in total. The molecule has 45 heavy (non-hydrogen) atoms. The molecule has 2 aromatic carbocycles. The van der Waals surface area contributed by atoms with Crippen LogP contribution < -0.4 is 10.9 Å². The number of aromatic amines is 1. The molecule has 1 aliphatic rings. The Kier molecular flexibility index (Phi) is 9.08. The Labute approximate surface area is 262 Å². The van der Waals surface area contributed by atoms with Crippen LogP contribution in [0.4, 0.5) is 5.95 Å². The lowest BCUT2D eigenvalue weighted by molar-refractivity contribution is -0.191. The lowest BCUT2D eigenvalue weighted by Crippen LogP contribution is -2.57. The summed E-state index contributed by atoms with van der Waals surface area (Å²) in [5.74, 6) is -1.13. The summed E-state index contributed by atoms with van der Waals surface area (Å²) in [4.78, 5) is 50.8. The number of nitrogens with zero attached hydrogens (tertiary/aromatic N) is 3. The van der Waals surface area contributed by atoms with Crippen molar-refractivity contribution < 1.29 is 28.2 Å². The largest absolute Gasteiger partial charge is 0.467 e. The van der Waals surface area contributed by atoms with Crippen LogP contribution in [0.25, 0.3) is 11.2 Å². The van der Waals surface area contributed by atoms with Crippen LogP contribution in [0, 0.1) is 0 Å². The summed E-state index contributed by atoms with van der Waals surface area (Å²) < 4.78 is 26.4. The van der Waals surface area contributed by atoms with Crippen molar-refractivity contribution in [2.24, 2.45) is 0 Å². The Morgan fingerprint density at radius 1 is 1.11 bits per heavy atom. The molecule has 5 rings (SSSR count). The maximum Gasteiger partial charge on any atom is 0.343 e. The number of H-pyrrole nitrogens is 1. The van der Waals surface area contributed by atoms with Crippen molar-refractivity contribution in [3.05, 3.63) is 88.5 Å². The number of anilines is 1. The number of esters is 1. The minimum atomic E-state index is -2.44. The Balaban J connectivity index is 1.50. The molecule has 0 bridgehead atoms. The fraction of sp³-hybridized carbons (Fsp3) is 0.406. The fourth-order valence-corrected chi connectivity index (χ4v) is 6.34. The van der Waals surface area contributed by atoms with Crippen LogP contribution in [-0.2, 0) is 30.0 Å². The zero-order valence-electron chi connectivity index (χ0n) is 26.3. The van der Waals surface area contributed by atoms with Crippen LogP contribution >= 0.6 is 0 Å². The van der Waals surface area contributed by atoms with E-state index < -0.39 is 43.7 Å². The van der Waals surface area contributed by atoms with Gasteiger partial charge in [-0.3, -0.25) is 24.5 Å². The van der Waals surface area contributed by atoms with E-state index in [4.69, 9.17) is 18.6 Å². The number of fused-ring (bicyclic) bond motifs is 1. The third kappa shape index (κ3) is 6.61. The van der Waals surface area contributed by atoms with Crippen LogP contribution in [-0.4, -0.2) is 65.1 Å². The third-order valence-electron chi connectivity index (χ3n) is 8.49. The molecule has 2 N–H and O–H groups in total. The van der Waals surface area contributed by atoms with Gasteiger partial charge in [0.25, 0.3) is 11.5 Å². The molecule has 3 heterocycles. The minimum absolute atomic E-state index is 0.0501. The summed E-state index contributed by atoms with van der Waals surface area (Å²) in [5.41, 5.74) is -0.607. The Morgan fingerprint density at radius 2 is 1.78 bits per heavy atom. The summed E-state index contributed by atoms with van der Waals surface area (Å²) >= 11 is 0. The zero-order chi connectivity index (χ0) is 32.4. The molecule has 0 aliphatic carbocycles. The van der Waals surface area contributed by atoms with Gasteiger partial charge in [-0.05, 0) is 35.8 Å². The Hall–Kier alpha value is -4.17. The van der Waals surface area contributed by atoms with Crippen LogP contribution in [0.2, 0.25) is 18.1 Å². The first-order valence-electron chi connectivity index (χ1n) is 14.7. The summed E-state index contributed by atoms with van der Waals surface area (Å²) in [6.07, 6.45) is 0.0867. The van der Waals surface area contributed by atoms with Crippen molar-refractivity contribution >= 4 is 37.3 Å². The number of hydrogen-bond acceptors (Lipinski definition) is 9. The van der Waals surface area contributed by atoms with Crippen LogP contribution in [0.5, 0.6) is 0 Å². The number of ether oxygens (including phenoxy) is 3. The Bertz CT molecular complexity index is 1720. The van der Waals surface area contributed by atoms with Gasteiger partial charge in [-0.25, -0.2) is 9.78 Å². The number of carbonyl (C=O) groups excluding carboxylic acids is 2. The first-order valence-corrected chi connectivity index (χ1v) is 17.6. The zero-order valence-corrected chi connectivity index (χ0v) is 27.3. The molecule has 0 spiro atoms. The van der Waals surface area contributed by atoms with E-state index in [0.29, 0.717) is 5.56 Å². The summed E-state index contributed by atoms with van der Waals surface area (Å²) in [7, 11) is -1.14. The number of rotatable bonds is 10. The van der Waals surface area contributed by atoms with Crippen molar-refractivity contribution in [1.29, 1.82) is 0 Å². The summed E-state index contributed by atoms with van der Waals surface area (Å²) in [5, 5.41) is 2.48. The van der Waals surface area contributed by atoms with Crippen LogP contribution in [0.3, 0.4) is 0 Å². The molecular formula is C32H39N5O7Si. The van der Waals surface area contributed by atoms with E-state index >= 15 is 0 Å². The highest BCUT2D eigenvalue weighted by atomic mass is 28.4. The van der Waals surface area contributed by atoms with Gasteiger partial charge in [0, 0.05) is 12.0 Å². The molecule has 4 aromatic rings. The fourth-order valence-electron chi connectivity index (χ4n) is 4.98. The molecule has 2 aromatic heterocycles. The molecule has 238 valence electrons. The molecule has 1 fully saturated rings. The highest BCUT2D eigenvalue weighted by Gasteiger charge is 2.59. The number of benzene rings is 2. The molecule has 0 radical (unpaired) electrons. The first-order chi connectivity index (χ1) is 21.3. The van der Waals surface area contributed by atoms with Crippen molar-refractivity contribution in [3.63, 3.8) is 0 Å². The maximum atomic E-state index is 13.6. The van der Waals surface area contributed by atoms with Crippen molar-refractivity contribution in [3.8, 4) is 0 Å². The smallest absolute Gasteiger partial charge is 0.343 e. The van der Waals surface area contributed by atoms with E-state index in [1.807, 2.05) is 30.3 Å². The molecule has 0 unspecified atom stereocenters. The SMILES string of the molecule is COC(=O)[C@]1(COCc2ccccc2)O[C@@H](n2cnc3c(=O)[nH]c(NC(=O)c4ccccc4)nc32)C[C@@H]1O[Si](C)(C)C(C)(C)C. The van der Waals surface area contributed by atoms with Gasteiger partial charge in [0.15, 0.2) is 19.5 Å². The van der Waals surface area contributed by atoms with Crippen molar-refractivity contribution in [2.45, 2.75) is 69.9 Å². The van der Waals surface area contributed by atoms with E-state index in [9.17, 15) is 14.4 Å². The number of methoxy groups -OCH3 is 1. The van der Waals surface area contributed by atoms with E-state index in [1.165, 1.54) is 13.4 Å². The van der Waals surface area contributed by atoms with Crippen LogP contribution in [0.15, 0.2) is 71.8 Å². The van der Waals surface area contributed by atoms with E-state index in [2.05, 4.69) is 54.1 Å². The standard InChI is InChI=1S/C32H39N5O7Si/c1-31(2,3)45(5,6)44-23-17-24(43-32(23,29(40)41-4)19-42-18-21-13-9-7-10-14-21)37-20-33-25-26(37)34-30(36-28(25)39)35-27(38)22-15-11-8-12-16-22/h7-16,20,23-24H,17-19H2,1-6H3,(H2,34,35,36,38,39)/t23-,24+,32+/m0/s1. The van der Waals surface area contributed by atoms with Gasteiger partial charge in [-0.1, -0.05) is 69.3 Å². The summed E-state index contributed by atoms with van der Waals surface area (Å²) in [6, 6.07) is 18.2. The van der Waals surface area contributed by atoms with Crippen molar-refractivity contribution in [1.82, 2.24) is 19.5 Å². The van der Waals surface area contributed by atoms with Gasteiger partial charge in [0.1, 0.15) is 6.23 Å². The topological polar surface area (TPSA) is 147 Å². The van der Waals surface area contributed by atoms with Gasteiger partial charge < -0.3 is 18.6 Å². The predicted molar refractivity (Wildman–Crippen MR) is 170 cm³/mol. The summed E-state index contributed by atoms with van der Waals surface area (Å²) in [6.45, 7) is 10.7. The van der Waals surface area contributed by atoms with Gasteiger partial charge >= 0.3 is 5.97 Å². The second-order valence-electron chi connectivity index (χ2n) is 12.6. The number of nitrogens with one attached hydrogen (secondary N) is 2. The molecular weight excluding hydrogens is 594 g/mol. The first kappa shape index (κ1) is 32.2. The molecule has 0 saturated carbocycles. The molecule has 3 atom stereocenters. The van der Waals surface area contributed by atoms with Gasteiger partial charge in [-0.2, -0.15) is 4.98 Å². The average Bonchev–Trinajstić information content (AvgIpc) is 3.59. The molecule has 1 amide bonds. The monoisotopic (exact) mass is 633 g/mol. The third-order valence-corrected chi connectivity index (χ3v) is 13.0.